The van der Waals surface area contributed by atoms with E-state index in [9.17, 15) is 13.6 Å². The number of halogens is 2. The number of methoxy groups -OCH3 is 1. The summed E-state index contributed by atoms with van der Waals surface area (Å²) < 4.78 is 34.5. The van der Waals surface area contributed by atoms with E-state index in [-0.39, 0.29) is 28.7 Å². The predicted molar refractivity (Wildman–Crippen MR) is 98.7 cm³/mol. The number of rotatable bonds is 5. The van der Waals surface area contributed by atoms with Gasteiger partial charge in [-0.25, -0.2) is 18.4 Å². The molecule has 2 fully saturated rings. The molecule has 2 aliphatic rings. The number of hydrogen-bond acceptors (Lipinski definition) is 5. The smallest absolute Gasteiger partial charge is 0.250 e. The van der Waals surface area contributed by atoms with Gasteiger partial charge in [0.25, 0.3) is 0 Å². The maximum absolute atomic E-state index is 14.4. The third-order valence-corrected chi connectivity index (χ3v) is 5.87. The zero-order valence-electron chi connectivity index (χ0n) is 15.5. The molecule has 1 unspecified atom stereocenters. The Kier molecular flexibility index (Phi) is 3.71. The number of carbonyl (C=O) groups excluding carboxylic acids is 1. The first-order valence-electron chi connectivity index (χ1n) is 9.17. The van der Waals surface area contributed by atoms with Crippen molar-refractivity contribution in [2.75, 3.05) is 12.4 Å². The molecular weight excluding hydrogens is 380 g/mol. The average Bonchev–Trinajstić information content (AvgIpc) is 3.58. The molecule has 0 aromatic carbocycles. The van der Waals surface area contributed by atoms with E-state index in [2.05, 4.69) is 20.4 Å². The third kappa shape index (κ3) is 2.60. The van der Waals surface area contributed by atoms with Gasteiger partial charge in [-0.1, -0.05) is 0 Å². The van der Waals surface area contributed by atoms with Crippen LogP contribution in [0.4, 0.5) is 14.6 Å². The number of nitrogens with zero attached hydrogens (tertiary/aromatic N) is 4. The highest BCUT2D eigenvalue weighted by Crippen LogP contribution is 2.78. The third-order valence-electron chi connectivity index (χ3n) is 5.87. The summed E-state index contributed by atoms with van der Waals surface area (Å²) in [6.45, 7) is 0. The number of pyridine rings is 2. The molecule has 3 heterocycles. The van der Waals surface area contributed by atoms with Gasteiger partial charge in [0.05, 0.1) is 24.7 Å². The van der Waals surface area contributed by atoms with E-state index >= 15 is 0 Å². The van der Waals surface area contributed by atoms with Gasteiger partial charge in [-0.3, -0.25) is 9.78 Å². The highest BCUT2D eigenvalue weighted by molar-refractivity contribution is 6.02. The number of ether oxygens (including phenoxy) is 1. The van der Waals surface area contributed by atoms with Crippen LogP contribution in [0.15, 0.2) is 42.9 Å². The molecule has 0 bridgehead atoms. The maximum Gasteiger partial charge on any atom is 0.250 e. The molecule has 2 aliphatic carbocycles. The van der Waals surface area contributed by atoms with Crippen LogP contribution in [0.25, 0.3) is 5.69 Å². The Morgan fingerprint density at radius 1 is 1.24 bits per heavy atom. The number of anilines is 1. The lowest BCUT2D eigenvalue weighted by atomic mass is 9.95. The number of amides is 1. The zero-order chi connectivity index (χ0) is 20.2. The topological polar surface area (TPSA) is 81.9 Å². The molecule has 1 atom stereocenters. The summed E-state index contributed by atoms with van der Waals surface area (Å²) in [7, 11) is 1.33. The molecule has 1 spiro atoms. The van der Waals surface area contributed by atoms with Crippen LogP contribution in [-0.4, -0.2) is 32.8 Å². The van der Waals surface area contributed by atoms with E-state index in [1.807, 2.05) is 0 Å². The van der Waals surface area contributed by atoms with Crippen molar-refractivity contribution in [3.63, 3.8) is 0 Å². The van der Waals surface area contributed by atoms with Gasteiger partial charge in [0, 0.05) is 24.5 Å². The summed E-state index contributed by atoms with van der Waals surface area (Å²) in [5, 5.41) is 7.04. The van der Waals surface area contributed by atoms with E-state index in [1.165, 1.54) is 42.4 Å². The number of aromatic nitrogens is 4. The fourth-order valence-electron chi connectivity index (χ4n) is 4.13. The van der Waals surface area contributed by atoms with Gasteiger partial charge in [-0.05, 0) is 36.8 Å². The summed E-state index contributed by atoms with van der Waals surface area (Å²) in [6, 6.07) is 5.65. The van der Waals surface area contributed by atoms with Gasteiger partial charge in [0.15, 0.2) is 11.6 Å². The molecule has 5 rings (SSSR count). The van der Waals surface area contributed by atoms with E-state index in [4.69, 9.17) is 4.74 Å². The Balaban J connectivity index is 1.41. The Morgan fingerprint density at radius 2 is 2.07 bits per heavy atom. The van der Waals surface area contributed by atoms with Crippen molar-refractivity contribution < 1.29 is 18.3 Å². The van der Waals surface area contributed by atoms with E-state index in [1.54, 1.807) is 12.3 Å². The SMILES string of the molecule is COc1ncc(-n2ccc(NC(=O)C3(c4ncccc4F)CC34CC4)n2)cc1F. The van der Waals surface area contributed by atoms with Gasteiger partial charge in [-0.15, -0.1) is 0 Å². The molecule has 7 nitrogen and oxygen atoms in total. The van der Waals surface area contributed by atoms with Crippen molar-refractivity contribution in [3.8, 4) is 11.6 Å². The van der Waals surface area contributed by atoms with Gasteiger partial charge in [0.1, 0.15) is 11.2 Å². The number of hydrogen-bond donors (Lipinski definition) is 1. The minimum absolute atomic E-state index is 0.114. The summed E-state index contributed by atoms with van der Waals surface area (Å²) in [6.07, 6.45) is 6.82. The highest BCUT2D eigenvalue weighted by atomic mass is 19.1. The van der Waals surface area contributed by atoms with Crippen molar-refractivity contribution in [2.45, 2.75) is 24.7 Å². The van der Waals surface area contributed by atoms with Crippen LogP contribution in [0.1, 0.15) is 25.0 Å². The van der Waals surface area contributed by atoms with Crippen molar-refractivity contribution in [3.05, 3.63) is 60.2 Å². The zero-order valence-corrected chi connectivity index (χ0v) is 15.5. The first-order chi connectivity index (χ1) is 14.0. The van der Waals surface area contributed by atoms with Crippen LogP contribution in [0.3, 0.4) is 0 Å². The predicted octanol–water partition coefficient (Wildman–Crippen LogP) is 3.01. The standard InChI is InChI=1S/C20H17F2N5O2/c1-29-17-14(22)9-12(10-24-17)27-8-4-15(26-27)25-18(28)20(11-19(20)5-6-19)16-13(21)3-2-7-23-16/h2-4,7-10H,5-6,11H2,1H3,(H,25,26,28). The summed E-state index contributed by atoms with van der Waals surface area (Å²) in [5.41, 5.74) is -0.594. The maximum atomic E-state index is 14.4. The molecule has 2 saturated carbocycles. The van der Waals surface area contributed by atoms with Crippen molar-refractivity contribution in [2.24, 2.45) is 5.41 Å². The Hall–Kier alpha value is -3.36. The second-order valence-electron chi connectivity index (χ2n) is 7.48. The molecule has 0 aliphatic heterocycles. The van der Waals surface area contributed by atoms with E-state index in [0.29, 0.717) is 12.1 Å². The molecule has 148 valence electrons. The lowest BCUT2D eigenvalue weighted by Crippen LogP contribution is -2.32. The van der Waals surface area contributed by atoms with Crippen molar-refractivity contribution in [1.82, 2.24) is 19.7 Å². The molecule has 9 heteroatoms. The Labute approximate surface area is 164 Å². The molecule has 1 N–H and O–H groups in total. The Bertz CT molecular complexity index is 1130. The summed E-state index contributed by atoms with van der Waals surface area (Å²) >= 11 is 0. The van der Waals surface area contributed by atoms with Gasteiger partial charge in [-0.2, -0.15) is 5.10 Å². The fraction of sp³-hybridized carbons (Fsp3) is 0.300. The minimum atomic E-state index is -0.962. The average molecular weight is 397 g/mol. The molecule has 0 saturated heterocycles. The fourth-order valence-corrected chi connectivity index (χ4v) is 4.13. The number of carbonyl (C=O) groups is 1. The van der Waals surface area contributed by atoms with Crippen LogP contribution in [0.2, 0.25) is 0 Å². The van der Waals surface area contributed by atoms with Crippen LogP contribution < -0.4 is 10.1 Å². The number of nitrogens with one attached hydrogen (secondary N) is 1. The van der Waals surface area contributed by atoms with E-state index < -0.39 is 17.0 Å². The quantitative estimate of drug-likeness (QED) is 0.716. The highest BCUT2D eigenvalue weighted by Gasteiger charge is 2.79. The first-order valence-corrected chi connectivity index (χ1v) is 9.17. The summed E-state index contributed by atoms with van der Waals surface area (Å²) in [4.78, 5) is 21.2. The van der Waals surface area contributed by atoms with Crippen molar-refractivity contribution >= 4 is 11.7 Å². The minimum Gasteiger partial charge on any atom is -0.479 e. The van der Waals surface area contributed by atoms with Crippen LogP contribution in [-0.2, 0) is 10.2 Å². The lowest BCUT2D eigenvalue weighted by molar-refractivity contribution is -0.119. The molecule has 3 aromatic rings. The molecule has 29 heavy (non-hydrogen) atoms. The summed E-state index contributed by atoms with van der Waals surface area (Å²) in [5.74, 6) is -1.25. The monoisotopic (exact) mass is 397 g/mol. The van der Waals surface area contributed by atoms with Gasteiger partial charge >= 0.3 is 0 Å². The normalized spacial score (nSPS) is 21.1. The Morgan fingerprint density at radius 3 is 2.72 bits per heavy atom. The second kappa shape index (κ2) is 6.07. The molecule has 3 aromatic heterocycles. The molecule has 1 amide bonds. The molecular formula is C20H17F2N5O2. The molecule has 0 radical (unpaired) electrons. The van der Waals surface area contributed by atoms with Gasteiger partial charge in [0.2, 0.25) is 11.8 Å². The van der Waals surface area contributed by atoms with Crippen LogP contribution in [0.5, 0.6) is 5.88 Å². The van der Waals surface area contributed by atoms with Crippen LogP contribution in [0, 0.1) is 17.0 Å². The van der Waals surface area contributed by atoms with Gasteiger partial charge < -0.3 is 10.1 Å². The lowest BCUT2D eigenvalue weighted by Gasteiger charge is -2.16. The first kappa shape index (κ1) is 17.7. The van der Waals surface area contributed by atoms with Crippen molar-refractivity contribution in [1.29, 1.82) is 0 Å². The van der Waals surface area contributed by atoms with E-state index in [0.717, 1.165) is 12.8 Å². The largest absolute Gasteiger partial charge is 0.479 e. The second-order valence-corrected chi connectivity index (χ2v) is 7.48. The van der Waals surface area contributed by atoms with Crippen LogP contribution >= 0.6 is 0 Å².